The van der Waals surface area contributed by atoms with Gasteiger partial charge >= 0.3 is 11.5 Å². The van der Waals surface area contributed by atoms with Gasteiger partial charge in [0.15, 0.2) is 0 Å². The van der Waals surface area contributed by atoms with Crippen LogP contribution in [0, 0.1) is 0 Å². The normalized spacial score (nSPS) is 15.9. The lowest BCUT2D eigenvalue weighted by Gasteiger charge is -2.28. The number of fused-ring (bicyclic) bond motifs is 1. The minimum atomic E-state index is -4.19. The third-order valence-corrected chi connectivity index (χ3v) is 3.93. The lowest BCUT2D eigenvalue weighted by atomic mass is 9.97. The smallest absolute Gasteiger partial charge is 0.441 e. The Morgan fingerprint density at radius 2 is 2.10 bits per heavy atom. The van der Waals surface area contributed by atoms with Crippen molar-refractivity contribution in [1.82, 2.24) is 4.90 Å². The maximum Gasteiger partial charge on any atom is 0.441 e. The summed E-state index contributed by atoms with van der Waals surface area (Å²) in [6.45, 7) is 1.56. The molecule has 0 saturated carbocycles. The summed E-state index contributed by atoms with van der Waals surface area (Å²) >= 11 is -0.0192. The van der Waals surface area contributed by atoms with Gasteiger partial charge in [-0.15, -0.1) is 0 Å². The summed E-state index contributed by atoms with van der Waals surface area (Å²) in [5, 5.41) is 8.94. The molecule has 0 spiro atoms. The molecule has 0 atom stereocenters. The quantitative estimate of drug-likeness (QED) is 0.928. The van der Waals surface area contributed by atoms with Crippen molar-refractivity contribution < 1.29 is 23.1 Å². The number of halogens is 3. The van der Waals surface area contributed by atoms with E-state index in [1.54, 1.807) is 18.2 Å². The molecule has 3 nitrogen and oxygen atoms in total. The van der Waals surface area contributed by atoms with E-state index in [4.69, 9.17) is 5.11 Å². The fourth-order valence-electron chi connectivity index (χ4n) is 2.23. The van der Waals surface area contributed by atoms with Crippen molar-refractivity contribution >= 4 is 17.7 Å². The van der Waals surface area contributed by atoms with Crippen LogP contribution in [0.2, 0.25) is 0 Å². The van der Waals surface area contributed by atoms with Crippen molar-refractivity contribution in [1.29, 1.82) is 0 Å². The van der Waals surface area contributed by atoms with Gasteiger partial charge in [-0.25, -0.2) is 4.79 Å². The largest absolute Gasteiger partial charge is 0.478 e. The van der Waals surface area contributed by atoms with Crippen molar-refractivity contribution in [3.8, 4) is 0 Å². The third-order valence-electron chi connectivity index (χ3n) is 3.22. The second kappa shape index (κ2) is 6.05. The second-order valence-corrected chi connectivity index (χ2v) is 5.77. The predicted octanol–water partition coefficient (Wildman–Crippen LogP) is 3.00. The number of thioether (sulfide) groups is 1. The summed E-state index contributed by atoms with van der Waals surface area (Å²) in [5.74, 6) is -0.991. The van der Waals surface area contributed by atoms with Crippen LogP contribution < -0.4 is 0 Å². The number of hydrogen-bond donors (Lipinski definition) is 1. The lowest BCUT2D eigenvalue weighted by Crippen LogP contribution is -2.32. The average molecular weight is 305 g/mol. The van der Waals surface area contributed by atoms with Crippen molar-refractivity contribution in [2.75, 3.05) is 18.8 Å². The molecule has 1 heterocycles. The Labute approximate surface area is 118 Å². The number of carbonyl (C=O) groups is 1. The SMILES string of the molecule is O=C(O)c1ccc2c(c1)CN(CCSC(F)(F)F)CC2. The Morgan fingerprint density at radius 1 is 1.35 bits per heavy atom. The van der Waals surface area contributed by atoms with Crippen LogP contribution >= 0.6 is 11.8 Å². The molecule has 1 aromatic rings. The lowest BCUT2D eigenvalue weighted by molar-refractivity contribution is -0.0329. The molecule has 0 bridgehead atoms. The van der Waals surface area contributed by atoms with Gasteiger partial charge in [-0.1, -0.05) is 6.07 Å². The first kappa shape index (κ1) is 15.2. The molecule has 2 rings (SSSR count). The van der Waals surface area contributed by atoms with Gasteiger partial charge in [-0.2, -0.15) is 13.2 Å². The minimum Gasteiger partial charge on any atom is -0.478 e. The molecule has 20 heavy (non-hydrogen) atoms. The molecular weight excluding hydrogens is 291 g/mol. The first-order valence-electron chi connectivity index (χ1n) is 6.13. The first-order chi connectivity index (χ1) is 9.35. The zero-order chi connectivity index (χ0) is 14.8. The van der Waals surface area contributed by atoms with E-state index in [0.717, 1.165) is 17.5 Å². The summed E-state index contributed by atoms with van der Waals surface area (Å²) in [6.07, 6.45) is 0.742. The number of alkyl halides is 3. The van der Waals surface area contributed by atoms with E-state index in [0.29, 0.717) is 19.6 Å². The molecule has 7 heteroatoms. The zero-order valence-corrected chi connectivity index (χ0v) is 11.4. The Bertz CT molecular complexity index is 505. The van der Waals surface area contributed by atoms with E-state index < -0.39 is 11.5 Å². The Kier molecular flexibility index (Phi) is 4.59. The van der Waals surface area contributed by atoms with Crippen LogP contribution in [-0.4, -0.2) is 40.3 Å². The topological polar surface area (TPSA) is 40.5 Å². The van der Waals surface area contributed by atoms with Crippen molar-refractivity contribution in [2.24, 2.45) is 0 Å². The van der Waals surface area contributed by atoms with Gasteiger partial charge in [0.25, 0.3) is 0 Å². The molecule has 0 saturated heterocycles. The van der Waals surface area contributed by atoms with E-state index in [-0.39, 0.29) is 23.1 Å². The highest BCUT2D eigenvalue weighted by Crippen LogP contribution is 2.30. The minimum absolute atomic E-state index is 0.00253. The highest BCUT2D eigenvalue weighted by molar-refractivity contribution is 8.00. The van der Waals surface area contributed by atoms with Gasteiger partial charge < -0.3 is 5.11 Å². The first-order valence-corrected chi connectivity index (χ1v) is 7.12. The fraction of sp³-hybridized carbons (Fsp3) is 0.462. The van der Waals surface area contributed by atoms with Crippen LogP contribution in [0.15, 0.2) is 18.2 Å². The maximum absolute atomic E-state index is 12.1. The summed E-state index contributed by atoms with van der Waals surface area (Å²) in [7, 11) is 0. The van der Waals surface area contributed by atoms with Crippen LogP contribution in [-0.2, 0) is 13.0 Å². The third kappa shape index (κ3) is 4.14. The van der Waals surface area contributed by atoms with Gasteiger partial charge in [0.05, 0.1) is 5.56 Å². The standard InChI is InChI=1S/C13H14F3NO2S/c14-13(15,16)20-6-5-17-4-3-9-1-2-10(12(18)19)7-11(9)8-17/h1-2,7H,3-6,8H2,(H,18,19). The van der Waals surface area contributed by atoms with Crippen LogP contribution in [0.5, 0.6) is 0 Å². The van der Waals surface area contributed by atoms with Gasteiger partial charge in [-0.05, 0) is 41.4 Å². The number of hydrogen-bond acceptors (Lipinski definition) is 3. The van der Waals surface area contributed by atoms with Crippen LogP contribution in [0.4, 0.5) is 13.2 Å². The number of aromatic carboxylic acids is 1. The Morgan fingerprint density at radius 3 is 2.75 bits per heavy atom. The van der Waals surface area contributed by atoms with Crippen molar-refractivity contribution in [2.45, 2.75) is 18.5 Å². The van der Waals surface area contributed by atoms with Gasteiger partial charge in [-0.3, -0.25) is 4.90 Å². The van der Waals surface area contributed by atoms with E-state index in [9.17, 15) is 18.0 Å². The summed E-state index contributed by atoms with van der Waals surface area (Å²) in [6, 6.07) is 4.97. The molecule has 0 fully saturated rings. The molecule has 1 aromatic carbocycles. The maximum atomic E-state index is 12.1. The average Bonchev–Trinajstić information content (AvgIpc) is 2.36. The molecule has 0 aromatic heterocycles. The monoisotopic (exact) mass is 305 g/mol. The molecule has 0 amide bonds. The zero-order valence-electron chi connectivity index (χ0n) is 10.6. The van der Waals surface area contributed by atoms with Crippen LogP contribution in [0.1, 0.15) is 21.5 Å². The van der Waals surface area contributed by atoms with E-state index in [1.165, 1.54) is 0 Å². The van der Waals surface area contributed by atoms with Crippen LogP contribution in [0.25, 0.3) is 0 Å². The number of rotatable bonds is 4. The Balaban J connectivity index is 1.95. The summed E-state index contributed by atoms with van der Waals surface area (Å²) < 4.78 is 36.2. The molecule has 1 aliphatic heterocycles. The fourth-order valence-corrected chi connectivity index (χ4v) is 2.81. The molecule has 1 aliphatic rings. The number of carboxylic acid groups (broad SMARTS) is 1. The number of benzene rings is 1. The van der Waals surface area contributed by atoms with E-state index >= 15 is 0 Å². The highest BCUT2D eigenvalue weighted by Gasteiger charge is 2.28. The number of nitrogens with zero attached hydrogens (tertiary/aromatic N) is 1. The van der Waals surface area contributed by atoms with Gasteiger partial charge in [0.1, 0.15) is 0 Å². The molecule has 0 radical (unpaired) electrons. The highest BCUT2D eigenvalue weighted by atomic mass is 32.2. The van der Waals surface area contributed by atoms with Gasteiger partial charge in [0, 0.05) is 25.4 Å². The molecule has 0 aliphatic carbocycles. The van der Waals surface area contributed by atoms with E-state index in [1.807, 2.05) is 4.90 Å². The summed E-state index contributed by atoms with van der Waals surface area (Å²) in [5.41, 5.74) is -2.00. The van der Waals surface area contributed by atoms with Crippen molar-refractivity contribution in [3.63, 3.8) is 0 Å². The van der Waals surface area contributed by atoms with Gasteiger partial charge in [0.2, 0.25) is 0 Å². The number of carboxylic acids is 1. The van der Waals surface area contributed by atoms with Crippen molar-refractivity contribution in [3.05, 3.63) is 34.9 Å². The second-order valence-electron chi connectivity index (χ2n) is 4.61. The molecular formula is C13H14F3NO2S. The molecule has 1 N–H and O–H groups in total. The van der Waals surface area contributed by atoms with Crippen LogP contribution in [0.3, 0.4) is 0 Å². The predicted molar refractivity (Wildman–Crippen MR) is 70.9 cm³/mol. The molecule has 110 valence electrons. The summed E-state index contributed by atoms with van der Waals surface area (Å²) in [4.78, 5) is 12.8. The molecule has 0 unspecified atom stereocenters. The van der Waals surface area contributed by atoms with E-state index in [2.05, 4.69) is 0 Å². The Hall–Kier alpha value is -1.21.